The van der Waals surface area contributed by atoms with Gasteiger partial charge in [0.25, 0.3) is 0 Å². The van der Waals surface area contributed by atoms with Gasteiger partial charge in [0.15, 0.2) is 0 Å². The number of benzene rings is 1. The van der Waals surface area contributed by atoms with Gasteiger partial charge >= 0.3 is 0 Å². The molecule has 1 aromatic rings. The highest BCUT2D eigenvalue weighted by Crippen LogP contribution is 2.15. The molecule has 1 atom stereocenters. The summed E-state index contributed by atoms with van der Waals surface area (Å²) in [6, 6.07) is 7.62. The molecule has 5 nitrogen and oxygen atoms in total. The van der Waals surface area contributed by atoms with Crippen molar-refractivity contribution in [1.82, 2.24) is 5.32 Å². The molecule has 1 aliphatic heterocycles. The lowest BCUT2D eigenvalue weighted by Gasteiger charge is -2.23. The molecule has 5 heteroatoms. The molecule has 2 amide bonds. The van der Waals surface area contributed by atoms with Gasteiger partial charge in [0.1, 0.15) is 0 Å². The number of piperidine rings is 1. The van der Waals surface area contributed by atoms with Crippen molar-refractivity contribution >= 4 is 23.2 Å². The van der Waals surface area contributed by atoms with Crippen molar-refractivity contribution in [3.8, 4) is 0 Å². The minimum absolute atomic E-state index is 0.0367. The van der Waals surface area contributed by atoms with E-state index in [1.165, 1.54) is 26.2 Å². The summed E-state index contributed by atoms with van der Waals surface area (Å²) >= 11 is 0. The van der Waals surface area contributed by atoms with E-state index in [-0.39, 0.29) is 11.8 Å². The lowest BCUT2D eigenvalue weighted by atomic mass is 10.0. The molecule has 0 bridgehead atoms. The number of hydrogen-bond acceptors (Lipinski definition) is 3. The molecule has 1 aromatic carbocycles. The molecule has 2 rings (SSSR count). The van der Waals surface area contributed by atoms with E-state index in [0.717, 1.165) is 24.3 Å². The Balaban J connectivity index is 1.75. The van der Waals surface area contributed by atoms with Gasteiger partial charge in [-0.1, -0.05) is 6.42 Å². The van der Waals surface area contributed by atoms with Crippen molar-refractivity contribution < 1.29 is 9.59 Å². The Bertz CT molecular complexity index is 479. The van der Waals surface area contributed by atoms with Crippen molar-refractivity contribution in [2.24, 2.45) is 0 Å². The monoisotopic (exact) mass is 289 g/mol. The van der Waals surface area contributed by atoms with E-state index in [9.17, 15) is 9.59 Å². The fourth-order valence-corrected chi connectivity index (χ4v) is 2.54. The molecule has 1 unspecified atom stereocenters. The first-order chi connectivity index (χ1) is 10.1. The highest BCUT2D eigenvalue weighted by molar-refractivity contribution is 5.92. The maximum Gasteiger partial charge on any atom is 0.224 e. The second kappa shape index (κ2) is 7.78. The van der Waals surface area contributed by atoms with Crippen LogP contribution in [0.25, 0.3) is 0 Å². The van der Waals surface area contributed by atoms with Crippen molar-refractivity contribution in [3.05, 3.63) is 24.3 Å². The predicted octanol–water partition coefficient (Wildman–Crippen LogP) is 2.51. The molecule has 114 valence electrons. The molecule has 1 saturated heterocycles. The second-order valence-electron chi connectivity index (χ2n) is 5.49. The van der Waals surface area contributed by atoms with Crippen LogP contribution < -0.4 is 16.0 Å². The van der Waals surface area contributed by atoms with E-state index in [1.807, 2.05) is 0 Å². The lowest BCUT2D eigenvalue weighted by molar-refractivity contribution is -0.116. The van der Waals surface area contributed by atoms with E-state index in [2.05, 4.69) is 16.0 Å². The first-order valence-corrected chi connectivity index (χ1v) is 7.54. The van der Waals surface area contributed by atoms with Crippen molar-refractivity contribution in [2.45, 2.75) is 45.1 Å². The SMILES string of the molecule is CC(=O)Nc1ccc(NC(=O)CCC2CCCCN2)cc1. The average Bonchev–Trinajstić information content (AvgIpc) is 2.48. The van der Waals surface area contributed by atoms with Crippen LogP contribution in [0.3, 0.4) is 0 Å². The van der Waals surface area contributed by atoms with Crippen LogP contribution in [0.2, 0.25) is 0 Å². The molecule has 0 aromatic heterocycles. The smallest absolute Gasteiger partial charge is 0.224 e. The molecule has 1 fully saturated rings. The van der Waals surface area contributed by atoms with Crippen LogP contribution in [0.15, 0.2) is 24.3 Å². The zero-order chi connectivity index (χ0) is 15.1. The third-order valence-electron chi connectivity index (χ3n) is 3.62. The number of hydrogen-bond donors (Lipinski definition) is 3. The van der Waals surface area contributed by atoms with Crippen LogP contribution in [-0.2, 0) is 9.59 Å². The predicted molar refractivity (Wildman–Crippen MR) is 84.3 cm³/mol. The van der Waals surface area contributed by atoms with Gasteiger partial charge in [-0.25, -0.2) is 0 Å². The molecular weight excluding hydrogens is 266 g/mol. The van der Waals surface area contributed by atoms with Crippen LogP contribution in [0, 0.1) is 0 Å². The van der Waals surface area contributed by atoms with Crippen LogP contribution in [0.5, 0.6) is 0 Å². The van der Waals surface area contributed by atoms with Gasteiger partial charge in [0.05, 0.1) is 0 Å². The van der Waals surface area contributed by atoms with Gasteiger partial charge < -0.3 is 16.0 Å². The lowest BCUT2D eigenvalue weighted by Crippen LogP contribution is -2.34. The maximum absolute atomic E-state index is 11.9. The van der Waals surface area contributed by atoms with Gasteiger partial charge in [0, 0.05) is 30.8 Å². The van der Waals surface area contributed by atoms with E-state index in [0.29, 0.717) is 12.5 Å². The summed E-state index contributed by atoms with van der Waals surface area (Å²) in [7, 11) is 0. The summed E-state index contributed by atoms with van der Waals surface area (Å²) in [6.45, 7) is 2.53. The fourth-order valence-electron chi connectivity index (χ4n) is 2.54. The molecule has 3 N–H and O–H groups in total. The number of carbonyl (C=O) groups excluding carboxylic acids is 2. The normalized spacial score (nSPS) is 18.0. The third kappa shape index (κ3) is 5.55. The molecular formula is C16H23N3O2. The van der Waals surface area contributed by atoms with E-state index in [1.54, 1.807) is 24.3 Å². The number of nitrogens with one attached hydrogen (secondary N) is 3. The molecule has 0 aliphatic carbocycles. The maximum atomic E-state index is 11.9. The van der Waals surface area contributed by atoms with Crippen LogP contribution in [0.1, 0.15) is 39.0 Å². The Morgan fingerprint density at radius 2 is 1.81 bits per heavy atom. The Kier molecular flexibility index (Phi) is 5.75. The van der Waals surface area contributed by atoms with Gasteiger partial charge in [-0.2, -0.15) is 0 Å². The van der Waals surface area contributed by atoms with Crippen molar-refractivity contribution in [1.29, 1.82) is 0 Å². The first-order valence-electron chi connectivity index (χ1n) is 7.54. The molecule has 0 spiro atoms. The van der Waals surface area contributed by atoms with E-state index < -0.39 is 0 Å². The first kappa shape index (κ1) is 15.5. The van der Waals surface area contributed by atoms with Gasteiger partial charge in [-0.05, 0) is 50.1 Å². The van der Waals surface area contributed by atoms with Gasteiger partial charge in [-0.15, -0.1) is 0 Å². The highest BCUT2D eigenvalue weighted by Gasteiger charge is 2.14. The summed E-state index contributed by atoms with van der Waals surface area (Å²) in [5.74, 6) is -0.0681. The zero-order valence-electron chi connectivity index (χ0n) is 12.4. The Morgan fingerprint density at radius 3 is 2.38 bits per heavy atom. The highest BCUT2D eigenvalue weighted by atomic mass is 16.2. The molecule has 0 saturated carbocycles. The summed E-state index contributed by atoms with van der Waals surface area (Å²) in [5.41, 5.74) is 1.48. The fraction of sp³-hybridized carbons (Fsp3) is 0.500. The summed E-state index contributed by atoms with van der Waals surface area (Å²) < 4.78 is 0. The van der Waals surface area contributed by atoms with Crippen molar-refractivity contribution in [2.75, 3.05) is 17.2 Å². The third-order valence-corrected chi connectivity index (χ3v) is 3.62. The number of anilines is 2. The molecule has 1 heterocycles. The van der Waals surface area contributed by atoms with Crippen molar-refractivity contribution in [3.63, 3.8) is 0 Å². The Morgan fingerprint density at radius 1 is 1.14 bits per heavy atom. The van der Waals surface area contributed by atoms with Crippen LogP contribution in [0.4, 0.5) is 11.4 Å². The van der Waals surface area contributed by atoms with Gasteiger partial charge in [-0.3, -0.25) is 9.59 Å². The minimum atomic E-state index is -0.105. The van der Waals surface area contributed by atoms with Gasteiger partial charge in [0.2, 0.25) is 11.8 Å². The van der Waals surface area contributed by atoms with E-state index in [4.69, 9.17) is 0 Å². The summed E-state index contributed by atoms with van der Waals surface area (Å²) in [6.07, 6.45) is 5.08. The quantitative estimate of drug-likeness (QED) is 0.780. The Hall–Kier alpha value is -1.88. The average molecular weight is 289 g/mol. The molecule has 21 heavy (non-hydrogen) atoms. The topological polar surface area (TPSA) is 70.2 Å². The zero-order valence-corrected chi connectivity index (χ0v) is 12.4. The molecule has 0 radical (unpaired) electrons. The molecule has 1 aliphatic rings. The van der Waals surface area contributed by atoms with Crippen LogP contribution >= 0.6 is 0 Å². The minimum Gasteiger partial charge on any atom is -0.326 e. The Labute approximate surface area is 125 Å². The standard InChI is InChI=1S/C16H23N3O2/c1-12(20)18-14-5-7-15(8-6-14)19-16(21)10-9-13-4-2-3-11-17-13/h5-8,13,17H,2-4,9-11H2,1H3,(H,18,20)(H,19,21). The second-order valence-corrected chi connectivity index (χ2v) is 5.49. The summed E-state index contributed by atoms with van der Waals surface area (Å²) in [5, 5.41) is 9.02. The van der Waals surface area contributed by atoms with Crippen LogP contribution in [-0.4, -0.2) is 24.4 Å². The summed E-state index contributed by atoms with van der Waals surface area (Å²) in [4.78, 5) is 22.8. The number of rotatable bonds is 5. The number of carbonyl (C=O) groups is 2. The van der Waals surface area contributed by atoms with E-state index >= 15 is 0 Å². The number of amides is 2. The largest absolute Gasteiger partial charge is 0.326 e.